The van der Waals surface area contributed by atoms with Gasteiger partial charge in [0.1, 0.15) is 0 Å². The number of hydrogen-bond donors (Lipinski definition) is 2. The van der Waals surface area contributed by atoms with Gasteiger partial charge in [0.2, 0.25) is 0 Å². The highest BCUT2D eigenvalue weighted by molar-refractivity contribution is 6.22. The molecule has 0 saturated heterocycles. The summed E-state index contributed by atoms with van der Waals surface area (Å²) in [5, 5.41) is 6.39. The third-order valence-electron chi connectivity index (χ3n) is 4.57. The Bertz CT molecular complexity index is 1120. The number of imide groups is 1. The van der Waals surface area contributed by atoms with Gasteiger partial charge in [0.05, 0.1) is 22.3 Å². The standard InChI is InChI=1S/C21H18N4O3/c1-12(2)25-19(26)15-9-8-14(11-16(15)20(25)27)23-21(28)24-17-7-3-5-13-6-4-10-22-18(13)17/h3-12H,1-2H3,(H2,23,24,28). The number of carbonyl (C=O) groups excluding carboxylic acids is 3. The maximum absolute atomic E-state index is 12.5. The molecule has 2 aromatic carbocycles. The van der Waals surface area contributed by atoms with Gasteiger partial charge in [0, 0.05) is 23.3 Å². The van der Waals surface area contributed by atoms with Crippen LogP contribution < -0.4 is 10.6 Å². The zero-order chi connectivity index (χ0) is 19.8. The number of carbonyl (C=O) groups is 3. The fourth-order valence-electron chi connectivity index (χ4n) is 3.30. The minimum Gasteiger partial charge on any atom is -0.308 e. The van der Waals surface area contributed by atoms with Gasteiger partial charge < -0.3 is 10.6 Å². The second kappa shape index (κ2) is 6.77. The molecule has 0 saturated carbocycles. The first-order chi connectivity index (χ1) is 13.5. The number of nitrogens with zero attached hydrogens (tertiary/aromatic N) is 2. The van der Waals surface area contributed by atoms with Crippen LogP contribution in [0, 0.1) is 0 Å². The molecule has 1 aliphatic rings. The predicted molar refractivity (Wildman–Crippen MR) is 106 cm³/mol. The summed E-state index contributed by atoms with van der Waals surface area (Å²) >= 11 is 0. The lowest BCUT2D eigenvalue weighted by Gasteiger charge is -2.17. The molecule has 0 bridgehead atoms. The van der Waals surface area contributed by atoms with E-state index in [0.717, 1.165) is 5.39 Å². The third-order valence-corrected chi connectivity index (χ3v) is 4.57. The monoisotopic (exact) mass is 374 g/mol. The van der Waals surface area contributed by atoms with Crippen LogP contribution >= 0.6 is 0 Å². The van der Waals surface area contributed by atoms with Crippen molar-refractivity contribution >= 4 is 40.1 Å². The Morgan fingerprint density at radius 1 is 0.964 bits per heavy atom. The summed E-state index contributed by atoms with van der Waals surface area (Å²) in [5.74, 6) is -0.662. The van der Waals surface area contributed by atoms with E-state index in [2.05, 4.69) is 15.6 Å². The lowest BCUT2D eigenvalue weighted by molar-refractivity contribution is 0.0609. The van der Waals surface area contributed by atoms with E-state index in [-0.39, 0.29) is 17.9 Å². The number of amides is 4. The number of benzene rings is 2. The molecule has 0 atom stereocenters. The fourth-order valence-corrected chi connectivity index (χ4v) is 3.30. The molecule has 28 heavy (non-hydrogen) atoms. The Labute approximate surface area is 161 Å². The Morgan fingerprint density at radius 3 is 2.50 bits per heavy atom. The summed E-state index contributed by atoms with van der Waals surface area (Å²) in [5.41, 5.74) is 2.33. The number of rotatable bonds is 3. The van der Waals surface area contributed by atoms with E-state index in [1.165, 1.54) is 11.0 Å². The number of hydrogen-bond acceptors (Lipinski definition) is 4. The highest BCUT2D eigenvalue weighted by Gasteiger charge is 2.37. The quantitative estimate of drug-likeness (QED) is 0.681. The normalized spacial score (nSPS) is 13.2. The van der Waals surface area contributed by atoms with E-state index in [9.17, 15) is 14.4 Å². The zero-order valence-electron chi connectivity index (χ0n) is 15.4. The van der Waals surface area contributed by atoms with Crippen molar-refractivity contribution in [2.24, 2.45) is 0 Å². The molecule has 4 amide bonds. The van der Waals surface area contributed by atoms with Crippen molar-refractivity contribution in [1.29, 1.82) is 0 Å². The third kappa shape index (κ3) is 2.96. The van der Waals surface area contributed by atoms with Crippen LogP contribution in [-0.4, -0.2) is 33.8 Å². The summed E-state index contributed by atoms with van der Waals surface area (Å²) in [7, 11) is 0. The molecule has 0 unspecified atom stereocenters. The summed E-state index contributed by atoms with van der Waals surface area (Å²) < 4.78 is 0. The van der Waals surface area contributed by atoms with Gasteiger partial charge in [0.25, 0.3) is 11.8 Å². The molecule has 0 fully saturated rings. The second-order valence-electron chi connectivity index (χ2n) is 6.79. The summed E-state index contributed by atoms with van der Waals surface area (Å²) in [4.78, 5) is 42.8. The minimum absolute atomic E-state index is 0.231. The highest BCUT2D eigenvalue weighted by Crippen LogP contribution is 2.27. The van der Waals surface area contributed by atoms with E-state index < -0.39 is 6.03 Å². The first-order valence-electron chi connectivity index (χ1n) is 8.89. The molecule has 0 radical (unpaired) electrons. The average molecular weight is 374 g/mol. The van der Waals surface area contributed by atoms with Crippen LogP contribution in [0.25, 0.3) is 10.9 Å². The van der Waals surface area contributed by atoms with Gasteiger partial charge >= 0.3 is 6.03 Å². The summed E-state index contributed by atoms with van der Waals surface area (Å²) in [6.07, 6.45) is 1.66. The van der Waals surface area contributed by atoms with Gasteiger partial charge in [-0.1, -0.05) is 18.2 Å². The van der Waals surface area contributed by atoms with Crippen molar-refractivity contribution in [2.75, 3.05) is 10.6 Å². The molecule has 2 heterocycles. The molecule has 0 spiro atoms. The van der Waals surface area contributed by atoms with Crippen molar-refractivity contribution < 1.29 is 14.4 Å². The lowest BCUT2D eigenvalue weighted by atomic mass is 10.1. The number of aromatic nitrogens is 1. The maximum Gasteiger partial charge on any atom is 0.323 e. The Balaban J connectivity index is 1.55. The highest BCUT2D eigenvalue weighted by atomic mass is 16.2. The van der Waals surface area contributed by atoms with Crippen LogP contribution in [0.4, 0.5) is 16.2 Å². The Morgan fingerprint density at radius 2 is 1.71 bits per heavy atom. The molecule has 1 aliphatic heterocycles. The zero-order valence-corrected chi connectivity index (χ0v) is 15.4. The number of urea groups is 1. The molecule has 7 heteroatoms. The number of anilines is 2. The average Bonchev–Trinajstić information content (AvgIpc) is 2.92. The van der Waals surface area contributed by atoms with Gasteiger partial charge in [0.15, 0.2) is 0 Å². The molecule has 2 N–H and O–H groups in total. The Hall–Kier alpha value is -3.74. The number of para-hydroxylation sites is 1. The van der Waals surface area contributed by atoms with Crippen LogP contribution in [-0.2, 0) is 0 Å². The molecule has 140 valence electrons. The van der Waals surface area contributed by atoms with Gasteiger partial charge in [-0.25, -0.2) is 4.79 Å². The van der Waals surface area contributed by atoms with Crippen molar-refractivity contribution in [3.63, 3.8) is 0 Å². The molecule has 3 aromatic rings. The van der Waals surface area contributed by atoms with Crippen molar-refractivity contribution in [3.8, 4) is 0 Å². The van der Waals surface area contributed by atoms with E-state index in [0.29, 0.717) is 28.0 Å². The molecular formula is C21H18N4O3. The van der Waals surface area contributed by atoms with Crippen LogP contribution in [0.1, 0.15) is 34.6 Å². The van der Waals surface area contributed by atoms with Crippen LogP contribution in [0.15, 0.2) is 54.7 Å². The van der Waals surface area contributed by atoms with Gasteiger partial charge in [-0.05, 0) is 44.2 Å². The van der Waals surface area contributed by atoms with E-state index in [4.69, 9.17) is 0 Å². The second-order valence-corrected chi connectivity index (χ2v) is 6.79. The van der Waals surface area contributed by atoms with E-state index in [1.807, 2.05) is 24.3 Å². The van der Waals surface area contributed by atoms with Crippen molar-refractivity contribution in [3.05, 3.63) is 65.9 Å². The summed E-state index contributed by atoms with van der Waals surface area (Å²) in [6.45, 7) is 3.57. The fraction of sp³-hybridized carbons (Fsp3) is 0.143. The van der Waals surface area contributed by atoms with Gasteiger partial charge in [-0.3, -0.25) is 19.5 Å². The largest absolute Gasteiger partial charge is 0.323 e. The molecule has 4 rings (SSSR count). The van der Waals surface area contributed by atoms with Crippen LogP contribution in [0.5, 0.6) is 0 Å². The number of fused-ring (bicyclic) bond motifs is 2. The Kier molecular flexibility index (Phi) is 4.27. The van der Waals surface area contributed by atoms with Gasteiger partial charge in [-0.2, -0.15) is 0 Å². The topological polar surface area (TPSA) is 91.4 Å². The molecule has 0 aliphatic carbocycles. The number of pyridine rings is 1. The lowest BCUT2D eigenvalue weighted by Crippen LogP contribution is -2.35. The molecule has 1 aromatic heterocycles. The first-order valence-corrected chi connectivity index (χ1v) is 8.89. The maximum atomic E-state index is 12.5. The van der Waals surface area contributed by atoms with Crippen molar-refractivity contribution in [2.45, 2.75) is 19.9 Å². The SMILES string of the molecule is CC(C)N1C(=O)c2ccc(NC(=O)Nc3cccc4cccnc34)cc2C1=O. The van der Waals surface area contributed by atoms with E-state index >= 15 is 0 Å². The smallest absolute Gasteiger partial charge is 0.308 e. The first kappa shape index (κ1) is 17.7. The van der Waals surface area contributed by atoms with Crippen molar-refractivity contribution in [1.82, 2.24) is 9.88 Å². The summed E-state index contributed by atoms with van der Waals surface area (Å²) in [6, 6.07) is 13.3. The predicted octanol–water partition coefficient (Wildman–Crippen LogP) is 3.88. The van der Waals surface area contributed by atoms with Gasteiger partial charge in [-0.15, -0.1) is 0 Å². The molecular weight excluding hydrogens is 356 g/mol. The van der Waals surface area contributed by atoms with E-state index in [1.54, 1.807) is 38.2 Å². The van der Waals surface area contributed by atoms with Crippen LogP contribution in [0.2, 0.25) is 0 Å². The van der Waals surface area contributed by atoms with Crippen LogP contribution in [0.3, 0.4) is 0 Å². The number of nitrogens with one attached hydrogen (secondary N) is 2. The minimum atomic E-state index is -0.462. The molecule has 7 nitrogen and oxygen atoms in total.